The topological polar surface area (TPSA) is 88.4 Å². The number of hydrogen-bond donors (Lipinski definition) is 2. The van der Waals surface area contributed by atoms with E-state index >= 15 is 0 Å². The van der Waals surface area contributed by atoms with Crippen molar-refractivity contribution >= 4 is 17.5 Å². The summed E-state index contributed by atoms with van der Waals surface area (Å²) < 4.78 is 13.3. The van der Waals surface area contributed by atoms with Crippen LogP contribution in [0.1, 0.15) is 61.0 Å². The van der Waals surface area contributed by atoms with Gasteiger partial charge in [0.15, 0.2) is 5.82 Å². The summed E-state index contributed by atoms with van der Waals surface area (Å²) in [5, 5.41) is 17.7. The van der Waals surface area contributed by atoms with E-state index in [1.54, 1.807) is 6.07 Å². The first-order chi connectivity index (χ1) is 16.0. The molecule has 1 saturated heterocycles. The monoisotopic (exact) mass is 454 g/mol. The van der Waals surface area contributed by atoms with Crippen molar-refractivity contribution in [2.75, 3.05) is 18.4 Å². The van der Waals surface area contributed by atoms with Gasteiger partial charge in [-0.2, -0.15) is 4.73 Å². The Balaban J connectivity index is 1.27. The van der Waals surface area contributed by atoms with Crippen molar-refractivity contribution in [2.45, 2.75) is 57.5 Å². The van der Waals surface area contributed by atoms with Crippen LogP contribution < -0.4 is 15.4 Å². The quantitative estimate of drug-likeness (QED) is 0.517. The summed E-state index contributed by atoms with van der Waals surface area (Å²) in [5.41, 5.74) is 1.44. The van der Waals surface area contributed by atoms with Gasteiger partial charge >= 0.3 is 5.91 Å². The van der Waals surface area contributed by atoms with Crippen molar-refractivity contribution in [3.05, 3.63) is 64.9 Å². The largest absolute Gasteiger partial charge is 0.618 e. The predicted octanol–water partition coefficient (Wildman–Crippen LogP) is 3.37. The first-order valence-corrected chi connectivity index (χ1v) is 11.8. The van der Waals surface area contributed by atoms with Gasteiger partial charge in [0.25, 0.3) is 5.69 Å². The number of halogens is 1. The number of amides is 2. The van der Waals surface area contributed by atoms with E-state index in [-0.39, 0.29) is 22.2 Å². The average molecular weight is 455 g/mol. The zero-order valence-electron chi connectivity index (χ0n) is 18.8. The summed E-state index contributed by atoms with van der Waals surface area (Å²) in [6.45, 7) is 2.43. The molecule has 0 unspecified atom stereocenters. The number of anilines is 1. The number of rotatable bonds is 6. The second-order valence-electron chi connectivity index (χ2n) is 9.11. The first-order valence-electron chi connectivity index (χ1n) is 11.8. The van der Waals surface area contributed by atoms with E-state index in [2.05, 4.69) is 15.5 Å². The molecule has 2 aliphatic rings. The molecule has 0 radical (unpaired) electrons. The van der Waals surface area contributed by atoms with Crippen molar-refractivity contribution in [1.82, 2.24) is 10.2 Å². The Morgan fingerprint density at radius 2 is 1.82 bits per heavy atom. The van der Waals surface area contributed by atoms with Gasteiger partial charge in [0.2, 0.25) is 12.1 Å². The standard InChI is InChI=1S/C25H31FN4O3/c26-20-9-10-23(30(33)17-20)25(32)28-22-8-4-5-18(15-22)16-29-13-11-19(12-14-29)24(31)27-21-6-2-1-3-7-21/h4-5,8-10,15,17,19,21H,1-3,6-7,11-14,16H2,(H,27,31)(H,28,32). The molecule has 2 heterocycles. The average Bonchev–Trinajstić information content (AvgIpc) is 2.80. The number of benzene rings is 1. The Hall–Kier alpha value is -3.00. The Morgan fingerprint density at radius 3 is 2.55 bits per heavy atom. The summed E-state index contributed by atoms with van der Waals surface area (Å²) in [6, 6.07) is 10.1. The van der Waals surface area contributed by atoms with Crippen molar-refractivity contribution in [3.8, 4) is 0 Å². The van der Waals surface area contributed by atoms with Crippen molar-refractivity contribution in [2.24, 2.45) is 5.92 Å². The Labute approximate surface area is 193 Å². The second kappa shape index (κ2) is 10.7. The van der Waals surface area contributed by atoms with Crippen LogP contribution in [-0.4, -0.2) is 35.8 Å². The molecule has 176 valence electrons. The van der Waals surface area contributed by atoms with Crippen LogP contribution in [0.5, 0.6) is 0 Å². The fraction of sp³-hybridized carbons (Fsp3) is 0.480. The molecule has 1 aliphatic carbocycles. The van der Waals surface area contributed by atoms with Crippen LogP contribution in [0, 0.1) is 16.9 Å². The van der Waals surface area contributed by atoms with Gasteiger partial charge in [-0.15, -0.1) is 0 Å². The highest BCUT2D eigenvalue weighted by molar-refractivity contribution is 6.01. The molecular formula is C25H31FN4O3. The second-order valence-corrected chi connectivity index (χ2v) is 9.11. The lowest BCUT2D eigenvalue weighted by atomic mass is 9.92. The van der Waals surface area contributed by atoms with Crippen LogP contribution in [0.2, 0.25) is 0 Å². The lowest BCUT2D eigenvalue weighted by Gasteiger charge is -2.32. The summed E-state index contributed by atoms with van der Waals surface area (Å²) >= 11 is 0. The number of carbonyl (C=O) groups excluding carboxylic acids is 2. The van der Waals surface area contributed by atoms with Crippen LogP contribution >= 0.6 is 0 Å². The van der Waals surface area contributed by atoms with Gasteiger partial charge in [0.05, 0.1) is 0 Å². The zero-order valence-corrected chi connectivity index (χ0v) is 18.8. The highest BCUT2D eigenvalue weighted by Gasteiger charge is 2.27. The highest BCUT2D eigenvalue weighted by Crippen LogP contribution is 2.23. The number of nitrogens with zero attached hydrogens (tertiary/aromatic N) is 2. The molecule has 2 aromatic rings. The molecule has 2 amide bonds. The molecule has 1 aliphatic heterocycles. The molecule has 8 heteroatoms. The number of aromatic nitrogens is 1. The van der Waals surface area contributed by atoms with Gasteiger partial charge in [-0.05, 0) is 62.5 Å². The Bertz CT molecular complexity index is 985. The molecule has 0 atom stereocenters. The third kappa shape index (κ3) is 6.28. The van der Waals surface area contributed by atoms with Gasteiger partial charge in [0.1, 0.15) is 0 Å². The van der Waals surface area contributed by atoms with Gasteiger partial charge < -0.3 is 15.8 Å². The minimum absolute atomic E-state index is 0.0864. The van der Waals surface area contributed by atoms with Crippen molar-refractivity contribution < 1.29 is 18.7 Å². The van der Waals surface area contributed by atoms with Crippen LogP contribution in [0.4, 0.5) is 10.1 Å². The number of carbonyl (C=O) groups is 2. The van der Waals surface area contributed by atoms with E-state index in [0.29, 0.717) is 11.7 Å². The van der Waals surface area contributed by atoms with Crippen molar-refractivity contribution in [1.29, 1.82) is 0 Å². The fourth-order valence-corrected chi connectivity index (χ4v) is 4.75. The Kier molecular flexibility index (Phi) is 7.54. The van der Waals surface area contributed by atoms with E-state index in [1.807, 2.05) is 18.2 Å². The van der Waals surface area contributed by atoms with Gasteiger partial charge in [0, 0.05) is 30.3 Å². The number of pyridine rings is 1. The molecule has 1 saturated carbocycles. The van der Waals surface area contributed by atoms with Gasteiger partial charge in [-0.3, -0.25) is 14.5 Å². The normalized spacial score (nSPS) is 18.1. The number of likely N-dealkylation sites (tertiary alicyclic amines) is 1. The molecule has 0 bridgehead atoms. The third-order valence-corrected chi connectivity index (χ3v) is 6.61. The fourth-order valence-electron chi connectivity index (χ4n) is 4.75. The molecule has 2 N–H and O–H groups in total. The van der Waals surface area contributed by atoms with Crippen LogP contribution in [-0.2, 0) is 11.3 Å². The number of hydrogen-bond acceptors (Lipinski definition) is 4. The summed E-state index contributed by atoms with van der Waals surface area (Å²) in [7, 11) is 0. The summed E-state index contributed by atoms with van der Waals surface area (Å²) in [6.07, 6.45) is 8.34. The van der Waals surface area contributed by atoms with E-state index in [4.69, 9.17) is 0 Å². The van der Waals surface area contributed by atoms with E-state index in [0.717, 1.165) is 69.2 Å². The summed E-state index contributed by atoms with van der Waals surface area (Å²) in [4.78, 5) is 27.3. The zero-order chi connectivity index (χ0) is 23.2. The molecule has 7 nitrogen and oxygen atoms in total. The number of piperidine rings is 1. The molecule has 1 aromatic carbocycles. The molecule has 1 aromatic heterocycles. The first kappa shape index (κ1) is 23.2. The summed E-state index contributed by atoms with van der Waals surface area (Å²) in [5.74, 6) is -0.989. The molecule has 2 fully saturated rings. The minimum Gasteiger partial charge on any atom is -0.618 e. The maximum Gasteiger partial charge on any atom is 0.321 e. The highest BCUT2D eigenvalue weighted by atomic mass is 19.1. The molecule has 4 rings (SSSR count). The van der Waals surface area contributed by atoms with Crippen molar-refractivity contribution in [3.63, 3.8) is 0 Å². The maximum atomic E-state index is 13.1. The van der Waals surface area contributed by atoms with E-state index in [1.165, 1.54) is 19.3 Å². The van der Waals surface area contributed by atoms with Crippen LogP contribution in [0.15, 0.2) is 42.6 Å². The lowest BCUT2D eigenvalue weighted by molar-refractivity contribution is -0.609. The van der Waals surface area contributed by atoms with E-state index in [9.17, 15) is 19.2 Å². The molecule has 33 heavy (non-hydrogen) atoms. The third-order valence-electron chi connectivity index (χ3n) is 6.61. The van der Waals surface area contributed by atoms with E-state index < -0.39 is 11.7 Å². The number of nitrogens with one attached hydrogen (secondary N) is 2. The van der Waals surface area contributed by atoms with Crippen LogP contribution in [0.25, 0.3) is 0 Å². The molecular weight excluding hydrogens is 423 g/mol. The SMILES string of the molecule is O=C(Nc1cccc(CN2CCC(C(=O)NC3CCCCC3)CC2)c1)c1ccc(F)c[n+]1[O-]. The predicted molar refractivity (Wildman–Crippen MR) is 123 cm³/mol. The minimum atomic E-state index is -0.696. The van der Waals surface area contributed by atoms with Gasteiger partial charge in [-0.1, -0.05) is 31.4 Å². The van der Waals surface area contributed by atoms with Gasteiger partial charge in [-0.25, -0.2) is 4.39 Å². The maximum absolute atomic E-state index is 13.1. The smallest absolute Gasteiger partial charge is 0.321 e. The molecule has 0 spiro atoms. The Morgan fingerprint density at radius 1 is 1.06 bits per heavy atom. The lowest BCUT2D eigenvalue weighted by Crippen LogP contribution is -2.44. The van der Waals surface area contributed by atoms with Crippen LogP contribution in [0.3, 0.4) is 0 Å².